The van der Waals surface area contributed by atoms with E-state index in [1.807, 2.05) is 30.3 Å². The Morgan fingerprint density at radius 1 is 1.28 bits per heavy atom. The molecule has 1 aliphatic heterocycles. The molecule has 0 bridgehead atoms. The minimum atomic E-state index is -1.22. The van der Waals surface area contributed by atoms with Gasteiger partial charge >= 0.3 is 12.1 Å². The van der Waals surface area contributed by atoms with Gasteiger partial charge in [-0.05, 0) is 24.0 Å². The summed E-state index contributed by atoms with van der Waals surface area (Å²) in [6, 6.07) is 11.8. The summed E-state index contributed by atoms with van der Waals surface area (Å²) in [4.78, 5) is 37.0. The summed E-state index contributed by atoms with van der Waals surface area (Å²) in [6.45, 7) is -0.163. The van der Waals surface area contributed by atoms with E-state index >= 15 is 0 Å². The maximum Gasteiger partial charge on any atom is 0.410 e. The topological polar surface area (TPSA) is 120 Å². The number of nitriles is 1. The number of aryl methyl sites for hydroxylation is 1. The van der Waals surface area contributed by atoms with E-state index in [-0.39, 0.29) is 12.5 Å². The van der Waals surface area contributed by atoms with Crippen LogP contribution in [-0.4, -0.2) is 41.1 Å². The zero-order valence-electron chi connectivity index (χ0n) is 15.5. The second-order valence-electron chi connectivity index (χ2n) is 6.47. The minimum Gasteiger partial charge on any atom is -0.479 e. The summed E-state index contributed by atoms with van der Waals surface area (Å²) in [7, 11) is 0. The average molecular weight is 413 g/mol. The summed E-state index contributed by atoms with van der Waals surface area (Å²) < 4.78 is 4.72. The predicted molar refractivity (Wildman–Crippen MR) is 106 cm³/mol. The van der Waals surface area contributed by atoms with Crippen LogP contribution in [0.2, 0.25) is 0 Å². The van der Waals surface area contributed by atoms with Crippen LogP contribution in [0.1, 0.15) is 28.0 Å². The Morgan fingerprint density at radius 3 is 2.72 bits per heavy atom. The molecule has 1 aliphatic rings. The van der Waals surface area contributed by atoms with Crippen molar-refractivity contribution in [3.8, 4) is 6.07 Å². The summed E-state index contributed by atoms with van der Waals surface area (Å²) in [5.41, 5.74) is 2.30. The van der Waals surface area contributed by atoms with Crippen LogP contribution in [0.25, 0.3) is 0 Å². The van der Waals surface area contributed by atoms with Gasteiger partial charge in [0.2, 0.25) is 5.91 Å². The molecule has 1 aromatic carbocycles. The normalized spacial score (nSPS) is 12.6. The summed E-state index contributed by atoms with van der Waals surface area (Å²) in [5.74, 6) is -1.40. The highest BCUT2D eigenvalue weighted by molar-refractivity contribution is 7.16. The first-order valence-electron chi connectivity index (χ1n) is 9.00. The maximum absolute atomic E-state index is 12.3. The number of nitrogens with zero attached hydrogens (tertiary/aromatic N) is 2. The molecule has 1 aromatic heterocycles. The Hall–Kier alpha value is -3.38. The molecule has 29 heavy (non-hydrogen) atoms. The van der Waals surface area contributed by atoms with E-state index in [1.165, 1.54) is 16.2 Å². The largest absolute Gasteiger partial charge is 0.479 e. The van der Waals surface area contributed by atoms with Crippen molar-refractivity contribution in [2.75, 3.05) is 18.5 Å². The fourth-order valence-corrected chi connectivity index (χ4v) is 4.30. The number of carbonyl (C=O) groups is 3. The molecular formula is C20H19N3O5S. The number of thiophene rings is 1. The van der Waals surface area contributed by atoms with Crippen molar-refractivity contribution < 1.29 is 24.2 Å². The molecule has 8 nitrogen and oxygen atoms in total. The van der Waals surface area contributed by atoms with E-state index in [1.54, 1.807) is 0 Å². The van der Waals surface area contributed by atoms with Crippen molar-refractivity contribution in [3.63, 3.8) is 0 Å². The molecule has 0 spiro atoms. The lowest BCUT2D eigenvalue weighted by atomic mass is 10.0. The lowest BCUT2D eigenvalue weighted by molar-refractivity contribution is -0.140. The second-order valence-corrected chi connectivity index (χ2v) is 7.58. The number of rotatable bonds is 6. The number of amides is 2. The van der Waals surface area contributed by atoms with E-state index in [0.29, 0.717) is 36.4 Å². The van der Waals surface area contributed by atoms with Crippen LogP contribution in [0.4, 0.5) is 9.80 Å². The molecule has 9 heteroatoms. The number of hydrogen-bond donors (Lipinski definition) is 2. The second kappa shape index (κ2) is 9.21. The Bertz CT molecular complexity index is 964. The lowest BCUT2D eigenvalue weighted by Crippen LogP contribution is -2.36. The summed E-state index contributed by atoms with van der Waals surface area (Å²) >= 11 is 1.26. The van der Waals surface area contributed by atoms with Crippen LogP contribution >= 0.6 is 11.3 Å². The molecule has 0 saturated heterocycles. The molecule has 2 N–H and O–H groups in total. The van der Waals surface area contributed by atoms with E-state index in [9.17, 15) is 19.6 Å². The van der Waals surface area contributed by atoms with E-state index in [0.717, 1.165) is 16.0 Å². The number of anilines is 1. The van der Waals surface area contributed by atoms with Gasteiger partial charge in [0.05, 0.1) is 12.1 Å². The molecule has 2 heterocycles. The van der Waals surface area contributed by atoms with Crippen molar-refractivity contribution in [1.29, 1.82) is 5.26 Å². The van der Waals surface area contributed by atoms with Crippen molar-refractivity contribution in [1.82, 2.24) is 4.90 Å². The Morgan fingerprint density at radius 2 is 2.03 bits per heavy atom. The molecule has 0 radical (unpaired) electrons. The average Bonchev–Trinajstić information content (AvgIpc) is 3.07. The highest BCUT2D eigenvalue weighted by Crippen LogP contribution is 2.36. The molecule has 0 unspecified atom stereocenters. The number of nitrogens with one attached hydrogen (secondary N) is 1. The fraction of sp³-hybridized carbons (Fsp3) is 0.300. The van der Waals surface area contributed by atoms with Crippen LogP contribution in [0.15, 0.2) is 30.3 Å². The number of fused-ring (bicyclic) bond motifs is 1. The summed E-state index contributed by atoms with van der Waals surface area (Å²) in [5, 5.41) is 21.5. The first-order chi connectivity index (χ1) is 14.0. The molecule has 0 atom stereocenters. The third-order valence-corrected chi connectivity index (χ3v) is 5.61. The monoisotopic (exact) mass is 413 g/mol. The van der Waals surface area contributed by atoms with Crippen molar-refractivity contribution in [2.24, 2.45) is 0 Å². The predicted octanol–water partition coefficient (Wildman–Crippen LogP) is 2.77. The quantitative estimate of drug-likeness (QED) is 0.751. The molecule has 0 saturated carbocycles. The number of ether oxygens (including phenoxy) is 1. The fourth-order valence-electron chi connectivity index (χ4n) is 3.07. The van der Waals surface area contributed by atoms with E-state index in [2.05, 4.69) is 11.4 Å². The number of carbonyl (C=O) groups excluding carboxylic acids is 2. The van der Waals surface area contributed by atoms with E-state index < -0.39 is 18.7 Å². The van der Waals surface area contributed by atoms with Crippen molar-refractivity contribution in [3.05, 3.63) is 51.9 Å². The molecule has 0 aliphatic carbocycles. The number of benzene rings is 1. The van der Waals surface area contributed by atoms with Gasteiger partial charge in [0.15, 0.2) is 6.61 Å². The van der Waals surface area contributed by atoms with E-state index in [4.69, 9.17) is 9.84 Å². The number of aliphatic carboxylic acids is 1. The van der Waals surface area contributed by atoms with Crippen LogP contribution in [-0.2, 0) is 33.7 Å². The smallest absolute Gasteiger partial charge is 0.410 e. The van der Waals surface area contributed by atoms with Crippen molar-refractivity contribution >= 4 is 34.3 Å². The molecule has 3 rings (SSSR count). The van der Waals surface area contributed by atoms with Crippen LogP contribution in [0.5, 0.6) is 0 Å². The Kier molecular flexibility index (Phi) is 6.46. The van der Waals surface area contributed by atoms with Gasteiger partial charge in [-0.3, -0.25) is 4.79 Å². The number of hydrogen-bond acceptors (Lipinski definition) is 6. The SMILES string of the molecule is N#Cc1c(NC(=O)CCc2ccccc2)sc2c1CCN(C(=O)OCC(=O)O)C2. The van der Waals surface area contributed by atoms with Gasteiger partial charge in [0, 0.05) is 17.8 Å². The van der Waals surface area contributed by atoms with Gasteiger partial charge < -0.3 is 20.1 Å². The standard InChI is InChI=1S/C20H19N3O5S/c21-10-15-14-8-9-23(20(27)28-12-18(25)26)11-16(14)29-19(15)22-17(24)7-6-13-4-2-1-3-5-13/h1-5H,6-9,11-12H2,(H,22,24)(H,25,26). The highest BCUT2D eigenvalue weighted by atomic mass is 32.1. The van der Waals surface area contributed by atoms with Crippen LogP contribution in [0, 0.1) is 11.3 Å². The Labute approximate surface area is 171 Å². The van der Waals surface area contributed by atoms with Gasteiger partial charge in [-0.25, -0.2) is 9.59 Å². The highest BCUT2D eigenvalue weighted by Gasteiger charge is 2.28. The Balaban J connectivity index is 1.64. The van der Waals surface area contributed by atoms with Gasteiger partial charge in [-0.15, -0.1) is 11.3 Å². The maximum atomic E-state index is 12.3. The third kappa shape index (κ3) is 5.12. The molecule has 0 fully saturated rings. The zero-order valence-corrected chi connectivity index (χ0v) is 16.3. The summed E-state index contributed by atoms with van der Waals surface area (Å²) in [6.07, 6.45) is 0.628. The lowest BCUT2D eigenvalue weighted by Gasteiger charge is -2.25. The van der Waals surface area contributed by atoms with Crippen LogP contribution in [0.3, 0.4) is 0 Å². The minimum absolute atomic E-state index is 0.179. The number of carboxylic acid groups (broad SMARTS) is 1. The first-order valence-corrected chi connectivity index (χ1v) is 9.81. The van der Waals surface area contributed by atoms with Gasteiger partial charge in [0.25, 0.3) is 0 Å². The molecular weight excluding hydrogens is 394 g/mol. The molecule has 2 aromatic rings. The van der Waals surface area contributed by atoms with Crippen molar-refractivity contribution in [2.45, 2.75) is 25.8 Å². The first kappa shape index (κ1) is 20.4. The third-order valence-electron chi connectivity index (χ3n) is 4.48. The molecule has 150 valence electrons. The number of carboxylic acids is 1. The van der Waals surface area contributed by atoms with Gasteiger partial charge in [-0.1, -0.05) is 30.3 Å². The van der Waals surface area contributed by atoms with Crippen LogP contribution < -0.4 is 5.32 Å². The zero-order chi connectivity index (χ0) is 20.8. The van der Waals surface area contributed by atoms with Gasteiger partial charge in [-0.2, -0.15) is 5.26 Å². The molecule has 2 amide bonds. The van der Waals surface area contributed by atoms with Gasteiger partial charge in [0.1, 0.15) is 11.1 Å².